The third kappa shape index (κ3) is 2.59. The predicted octanol–water partition coefficient (Wildman–Crippen LogP) is 3.79. The van der Waals surface area contributed by atoms with Gasteiger partial charge in [0.1, 0.15) is 5.69 Å². The van der Waals surface area contributed by atoms with E-state index in [1.165, 1.54) is 35.9 Å². The summed E-state index contributed by atoms with van der Waals surface area (Å²) in [6.07, 6.45) is -4.45. The molecule has 106 valence electrons. The average molecular weight is 282 g/mol. The number of hydrogen-bond acceptors (Lipinski definition) is 2. The molecule has 0 unspecified atom stereocenters. The molecular weight excluding hydrogens is 269 g/mol. The largest absolute Gasteiger partial charge is 0.417 e. The van der Waals surface area contributed by atoms with E-state index in [4.69, 9.17) is 0 Å². The van der Waals surface area contributed by atoms with E-state index in [1.54, 1.807) is 6.92 Å². The van der Waals surface area contributed by atoms with Crippen molar-refractivity contribution in [1.82, 2.24) is 9.78 Å². The van der Waals surface area contributed by atoms with Crippen LogP contribution in [0.3, 0.4) is 0 Å². The molecule has 6 heteroatoms. The van der Waals surface area contributed by atoms with E-state index in [9.17, 15) is 18.0 Å². The number of benzene rings is 1. The highest BCUT2D eigenvalue weighted by atomic mass is 19.4. The van der Waals surface area contributed by atoms with Crippen molar-refractivity contribution in [3.8, 4) is 11.3 Å². The number of nitrogens with zero attached hydrogens (tertiary/aromatic N) is 2. The molecule has 0 amide bonds. The van der Waals surface area contributed by atoms with Gasteiger partial charge in [-0.15, -0.1) is 0 Å². The molecule has 0 saturated carbocycles. The molecule has 0 N–H and O–H groups in total. The topological polar surface area (TPSA) is 34.9 Å². The van der Waals surface area contributed by atoms with Crippen LogP contribution in [0.2, 0.25) is 0 Å². The second-order valence-electron chi connectivity index (χ2n) is 4.33. The van der Waals surface area contributed by atoms with Crippen LogP contribution in [0.1, 0.15) is 29.9 Å². The fraction of sp³-hybridized carbons (Fsp3) is 0.286. The Kier molecular flexibility index (Phi) is 3.65. The van der Waals surface area contributed by atoms with E-state index in [1.807, 2.05) is 0 Å². The summed E-state index contributed by atoms with van der Waals surface area (Å²) in [5.74, 6) is -0.275. The van der Waals surface area contributed by atoms with Crippen molar-refractivity contribution in [3.05, 3.63) is 41.6 Å². The zero-order valence-electron chi connectivity index (χ0n) is 11.0. The van der Waals surface area contributed by atoms with Crippen molar-refractivity contribution in [1.29, 1.82) is 0 Å². The molecule has 1 heterocycles. The maximum absolute atomic E-state index is 13.0. The van der Waals surface area contributed by atoms with E-state index in [0.717, 1.165) is 6.07 Å². The van der Waals surface area contributed by atoms with Crippen molar-refractivity contribution in [2.45, 2.75) is 26.6 Å². The molecule has 0 atom stereocenters. The van der Waals surface area contributed by atoms with Crippen molar-refractivity contribution in [3.63, 3.8) is 0 Å². The van der Waals surface area contributed by atoms with Crippen molar-refractivity contribution >= 4 is 5.78 Å². The number of aromatic nitrogens is 2. The minimum Gasteiger partial charge on any atom is -0.293 e. The van der Waals surface area contributed by atoms with Crippen LogP contribution in [0.25, 0.3) is 11.3 Å². The maximum Gasteiger partial charge on any atom is 0.417 e. The van der Waals surface area contributed by atoms with Gasteiger partial charge >= 0.3 is 6.18 Å². The monoisotopic (exact) mass is 282 g/mol. The number of carbonyl (C=O) groups excluding carboxylic acids is 1. The molecule has 0 aliphatic heterocycles. The minimum atomic E-state index is -4.45. The van der Waals surface area contributed by atoms with Gasteiger partial charge in [-0.1, -0.05) is 18.2 Å². The molecule has 1 aromatic heterocycles. The van der Waals surface area contributed by atoms with Gasteiger partial charge in [0.15, 0.2) is 5.78 Å². The highest BCUT2D eigenvalue weighted by Gasteiger charge is 2.34. The molecule has 0 aliphatic rings. The predicted molar refractivity (Wildman–Crippen MR) is 68.3 cm³/mol. The Morgan fingerprint density at radius 1 is 1.30 bits per heavy atom. The van der Waals surface area contributed by atoms with E-state index in [2.05, 4.69) is 5.10 Å². The Morgan fingerprint density at radius 3 is 2.50 bits per heavy atom. The molecule has 0 spiro atoms. The molecule has 2 rings (SSSR count). The fourth-order valence-corrected chi connectivity index (χ4v) is 2.00. The molecule has 0 aliphatic carbocycles. The summed E-state index contributed by atoms with van der Waals surface area (Å²) in [6, 6.07) is 6.68. The molecule has 3 nitrogen and oxygen atoms in total. The first-order valence-electron chi connectivity index (χ1n) is 6.10. The molecule has 20 heavy (non-hydrogen) atoms. The number of aryl methyl sites for hydroxylation is 1. The number of carbonyl (C=O) groups is 1. The molecule has 2 aromatic rings. The lowest BCUT2D eigenvalue weighted by Gasteiger charge is -2.13. The zero-order valence-corrected chi connectivity index (χ0v) is 11.0. The molecule has 0 bridgehead atoms. The standard InChI is InChI=1S/C14H13F3N2O/c1-3-19-13(8-12(18-19)9(2)20)10-6-4-5-7-11(10)14(15,16)17/h4-8H,3H2,1-2H3. The Labute approximate surface area is 114 Å². The van der Waals surface area contributed by atoms with Gasteiger partial charge in [-0.25, -0.2) is 0 Å². The number of halogens is 3. The van der Waals surface area contributed by atoms with Gasteiger partial charge in [0, 0.05) is 19.0 Å². The van der Waals surface area contributed by atoms with Crippen LogP contribution in [0.4, 0.5) is 13.2 Å². The summed E-state index contributed by atoms with van der Waals surface area (Å²) in [6.45, 7) is 3.48. The van der Waals surface area contributed by atoms with Crippen LogP contribution in [0.15, 0.2) is 30.3 Å². The first-order chi connectivity index (χ1) is 9.34. The van der Waals surface area contributed by atoms with Crippen LogP contribution in [0, 0.1) is 0 Å². The lowest BCUT2D eigenvalue weighted by Crippen LogP contribution is -2.09. The van der Waals surface area contributed by atoms with Crippen LogP contribution < -0.4 is 0 Å². The van der Waals surface area contributed by atoms with Gasteiger partial charge in [0.05, 0.1) is 11.3 Å². The van der Waals surface area contributed by atoms with E-state index in [-0.39, 0.29) is 17.0 Å². The Balaban J connectivity index is 2.66. The summed E-state index contributed by atoms with van der Waals surface area (Å²) in [5, 5.41) is 4.03. The SMILES string of the molecule is CCn1nc(C(C)=O)cc1-c1ccccc1C(F)(F)F. The van der Waals surface area contributed by atoms with Crippen molar-refractivity contribution in [2.24, 2.45) is 0 Å². The lowest BCUT2D eigenvalue weighted by atomic mass is 10.0. The van der Waals surface area contributed by atoms with Crippen LogP contribution in [-0.4, -0.2) is 15.6 Å². The van der Waals surface area contributed by atoms with Crippen molar-refractivity contribution < 1.29 is 18.0 Å². The Bertz CT molecular complexity index is 644. The summed E-state index contributed by atoms with van der Waals surface area (Å²) in [4.78, 5) is 11.3. The third-order valence-corrected chi connectivity index (χ3v) is 2.95. The van der Waals surface area contributed by atoms with Crippen LogP contribution in [-0.2, 0) is 12.7 Å². The average Bonchev–Trinajstić information content (AvgIpc) is 2.82. The summed E-state index contributed by atoms with van der Waals surface area (Å²) in [5.41, 5.74) is -0.240. The Morgan fingerprint density at radius 2 is 1.95 bits per heavy atom. The summed E-state index contributed by atoms with van der Waals surface area (Å²) in [7, 11) is 0. The fourth-order valence-electron chi connectivity index (χ4n) is 2.00. The summed E-state index contributed by atoms with van der Waals surface area (Å²) < 4.78 is 40.5. The van der Waals surface area contributed by atoms with E-state index < -0.39 is 11.7 Å². The van der Waals surface area contributed by atoms with Crippen molar-refractivity contribution in [2.75, 3.05) is 0 Å². The van der Waals surface area contributed by atoms with Gasteiger partial charge in [-0.05, 0) is 19.1 Å². The normalized spacial score (nSPS) is 11.7. The highest BCUT2D eigenvalue weighted by Crippen LogP contribution is 2.37. The number of ketones is 1. The van der Waals surface area contributed by atoms with Gasteiger partial charge in [-0.2, -0.15) is 18.3 Å². The first-order valence-corrected chi connectivity index (χ1v) is 6.10. The maximum atomic E-state index is 13.0. The second-order valence-corrected chi connectivity index (χ2v) is 4.33. The summed E-state index contributed by atoms with van der Waals surface area (Å²) >= 11 is 0. The van der Waals surface area contributed by atoms with E-state index >= 15 is 0 Å². The van der Waals surface area contributed by atoms with Gasteiger partial charge in [0.2, 0.25) is 0 Å². The number of hydrogen-bond donors (Lipinski definition) is 0. The van der Waals surface area contributed by atoms with Gasteiger partial charge in [0.25, 0.3) is 0 Å². The van der Waals surface area contributed by atoms with Crippen LogP contribution in [0.5, 0.6) is 0 Å². The Hall–Kier alpha value is -2.11. The molecule has 0 saturated heterocycles. The number of rotatable bonds is 3. The first kappa shape index (κ1) is 14.3. The van der Waals surface area contributed by atoms with Gasteiger partial charge in [-0.3, -0.25) is 9.48 Å². The highest BCUT2D eigenvalue weighted by molar-refractivity contribution is 5.93. The second kappa shape index (κ2) is 5.11. The number of alkyl halides is 3. The smallest absolute Gasteiger partial charge is 0.293 e. The molecular formula is C14H13F3N2O. The van der Waals surface area contributed by atoms with Crippen LogP contribution >= 0.6 is 0 Å². The molecule has 0 fully saturated rings. The van der Waals surface area contributed by atoms with E-state index in [0.29, 0.717) is 12.2 Å². The quantitative estimate of drug-likeness (QED) is 0.803. The zero-order chi connectivity index (χ0) is 14.9. The number of Topliss-reactive ketones (excluding diaryl/α,β-unsaturated/α-hetero) is 1. The minimum absolute atomic E-state index is 0.0295. The molecule has 1 aromatic carbocycles. The third-order valence-electron chi connectivity index (χ3n) is 2.95. The lowest BCUT2D eigenvalue weighted by molar-refractivity contribution is -0.137. The van der Waals surface area contributed by atoms with Gasteiger partial charge < -0.3 is 0 Å². The molecule has 0 radical (unpaired) electrons.